The van der Waals surface area contributed by atoms with Crippen LogP contribution in [0, 0.1) is 22.0 Å². The van der Waals surface area contributed by atoms with Crippen molar-refractivity contribution in [3.63, 3.8) is 0 Å². The van der Waals surface area contributed by atoms with E-state index in [9.17, 15) is 18.5 Å². The number of sulfonamides is 1. The minimum absolute atomic E-state index is 0.0935. The van der Waals surface area contributed by atoms with Gasteiger partial charge in [-0.3, -0.25) is 10.1 Å². The Morgan fingerprint density at radius 1 is 1.05 bits per heavy atom. The summed E-state index contributed by atoms with van der Waals surface area (Å²) in [6.45, 7) is 1.17. The van der Waals surface area contributed by atoms with Crippen molar-refractivity contribution < 1.29 is 13.3 Å². The molecule has 0 amide bonds. The predicted molar refractivity (Wildman–Crippen MR) is 77.3 cm³/mol. The topological polar surface area (TPSA) is 80.5 Å². The molecule has 0 bridgehead atoms. The Balaban J connectivity index is 1.82. The van der Waals surface area contributed by atoms with E-state index in [1.54, 1.807) is 4.31 Å². The zero-order valence-electron chi connectivity index (χ0n) is 11.6. The number of fused-ring (bicyclic) bond motifs is 1. The van der Waals surface area contributed by atoms with E-state index in [1.807, 2.05) is 0 Å². The SMILES string of the molecule is O=[N+]([O-])c1ccc(S(=O)(=O)N2CC3CCCCC3C2)cc1. The van der Waals surface area contributed by atoms with Crippen LogP contribution in [0.25, 0.3) is 0 Å². The molecule has 1 aliphatic heterocycles. The van der Waals surface area contributed by atoms with E-state index in [2.05, 4.69) is 0 Å². The lowest BCUT2D eigenvalue weighted by Gasteiger charge is -2.22. The highest BCUT2D eigenvalue weighted by Gasteiger charge is 2.40. The standard InChI is InChI=1S/C14H18N2O4S/c17-16(18)13-5-7-14(8-6-13)21(19,20)15-9-11-3-1-2-4-12(11)10-15/h5-8,11-12H,1-4,9-10H2. The van der Waals surface area contributed by atoms with Gasteiger partial charge in [0, 0.05) is 25.2 Å². The Hall–Kier alpha value is -1.47. The van der Waals surface area contributed by atoms with Gasteiger partial charge in [-0.15, -0.1) is 0 Å². The molecule has 2 unspecified atom stereocenters. The van der Waals surface area contributed by atoms with Gasteiger partial charge in [0.05, 0.1) is 9.82 Å². The number of nitrogens with zero attached hydrogens (tertiary/aromatic N) is 2. The summed E-state index contributed by atoms with van der Waals surface area (Å²) in [6, 6.07) is 5.15. The van der Waals surface area contributed by atoms with Gasteiger partial charge in [0.1, 0.15) is 0 Å². The van der Waals surface area contributed by atoms with Gasteiger partial charge in [-0.05, 0) is 36.8 Å². The molecule has 7 heteroatoms. The molecule has 3 rings (SSSR count). The third-order valence-electron chi connectivity index (χ3n) is 4.63. The lowest BCUT2D eigenvalue weighted by Crippen LogP contribution is -2.29. The van der Waals surface area contributed by atoms with Gasteiger partial charge in [-0.1, -0.05) is 12.8 Å². The quantitative estimate of drug-likeness (QED) is 0.634. The fourth-order valence-electron chi connectivity index (χ4n) is 3.45. The highest BCUT2D eigenvalue weighted by atomic mass is 32.2. The molecule has 114 valence electrons. The van der Waals surface area contributed by atoms with Crippen LogP contribution in [0.5, 0.6) is 0 Å². The first kappa shape index (κ1) is 14.5. The van der Waals surface area contributed by atoms with Gasteiger partial charge in [0.15, 0.2) is 0 Å². The number of non-ortho nitro benzene ring substituents is 1. The second-order valence-electron chi connectivity index (χ2n) is 5.88. The van der Waals surface area contributed by atoms with Crippen LogP contribution in [0.2, 0.25) is 0 Å². The normalized spacial score (nSPS) is 26.5. The first-order valence-electron chi connectivity index (χ1n) is 7.23. The molecule has 21 heavy (non-hydrogen) atoms. The molecule has 6 nitrogen and oxygen atoms in total. The van der Waals surface area contributed by atoms with Crippen molar-refractivity contribution in [3.05, 3.63) is 34.4 Å². The van der Waals surface area contributed by atoms with Gasteiger partial charge < -0.3 is 0 Å². The Morgan fingerprint density at radius 2 is 1.57 bits per heavy atom. The Labute approximate surface area is 124 Å². The minimum atomic E-state index is -3.53. The number of rotatable bonds is 3. The highest BCUT2D eigenvalue weighted by molar-refractivity contribution is 7.89. The fraction of sp³-hybridized carbons (Fsp3) is 0.571. The summed E-state index contributed by atoms with van der Waals surface area (Å²) in [5.41, 5.74) is -0.0935. The maximum atomic E-state index is 12.6. The van der Waals surface area contributed by atoms with Crippen molar-refractivity contribution in [3.8, 4) is 0 Å². The summed E-state index contributed by atoms with van der Waals surface area (Å²) in [6.07, 6.45) is 4.59. The Morgan fingerprint density at radius 3 is 2.05 bits per heavy atom. The molecule has 1 aliphatic carbocycles. The van der Waals surface area contributed by atoms with Crippen LogP contribution < -0.4 is 0 Å². The molecule has 2 aliphatic rings. The first-order valence-corrected chi connectivity index (χ1v) is 8.67. The number of benzene rings is 1. The molecular formula is C14H18N2O4S. The van der Waals surface area contributed by atoms with Gasteiger partial charge in [0.25, 0.3) is 5.69 Å². The van der Waals surface area contributed by atoms with Crippen LogP contribution in [0.1, 0.15) is 25.7 Å². The molecule has 2 atom stereocenters. The Kier molecular flexibility index (Phi) is 3.71. The molecule has 1 saturated heterocycles. The zero-order valence-corrected chi connectivity index (χ0v) is 12.5. The number of hydrogen-bond acceptors (Lipinski definition) is 4. The smallest absolute Gasteiger partial charge is 0.258 e. The van der Waals surface area contributed by atoms with Gasteiger partial charge in [0.2, 0.25) is 10.0 Å². The minimum Gasteiger partial charge on any atom is -0.258 e. The molecule has 1 aromatic rings. The Bertz CT molecular complexity index is 627. The van der Waals surface area contributed by atoms with E-state index in [1.165, 1.54) is 37.1 Å². The van der Waals surface area contributed by atoms with E-state index >= 15 is 0 Å². The zero-order chi connectivity index (χ0) is 15.0. The maximum Gasteiger partial charge on any atom is 0.269 e. The maximum absolute atomic E-state index is 12.6. The largest absolute Gasteiger partial charge is 0.269 e. The average Bonchev–Trinajstić information content (AvgIpc) is 2.92. The third kappa shape index (κ3) is 2.67. The predicted octanol–water partition coefficient (Wildman–Crippen LogP) is 2.41. The molecule has 2 fully saturated rings. The van der Waals surface area contributed by atoms with E-state index < -0.39 is 14.9 Å². The fourth-order valence-corrected chi connectivity index (χ4v) is 5.00. The van der Waals surface area contributed by atoms with Crippen LogP contribution >= 0.6 is 0 Å². The van der Waals surface area contributed by atoms with Crippen LogP contribution in [0.4, 0.5) is 5.69 Å². The molecule has 0 aromatic heterocycles. The molecular weight excluding hydrogens is 292 g/mol. The summed E-state index contributed by atoms with van der Waals surface area (Å²) in [5, 5.41) is 10.6. The van der Waals surface area contributed by atoms with Crippen molar-refractivity contribution >= 4 is 15.7 Å². The average molecular weight is 310 g/mol. The van der Waals surface area contributed by atoms with Gasteiger partial charge in [-0.25, -0.2) is 8.42 Å². The van der Waals surface area contributed by atoms with Crippen molar-refractivity contribution in [1.82, 2.24) is 4.31 Å². The molecule has 1 saturated carbocycles. The molecule has 0 spiro atoms. The van der Waals surface area contributed by atoms with E-state index in [0.29, 0.717) is 24.9 Å². The van der Waals surface area contributed by atoms with E-state index in [4.69, 9.17) is 0 Å². The summed E-state index contributed by atoms with van der Waals surface area (Å²) in [7, 11) is -3.53. The van der Waals surface area contributed by atoms with E-state index in [-0.39, 0.29) is 10.6 Å². The summed E-state index contributed by atoms with van der Waals surface area (Å²) < 4.78 is 26.8. The van der Waals surface area contributed by atoms with Crippen molar-refractivity contribution in [2.24, 2.45) is 11.8 Å². The van der Waals surface area contributed by atoms with Crippen LogP contribution in [0.3, 0.4) is 0 Å². The lowest BCUT2D eigenvalue weighted by atomic mass is 9.82. The summed E-state index contributed by atoms with van der Waals surface area (Å²) in [4.78, 5) is 10.3. The summed E-state index contributed by atoms with van der Waals surface area (Å²) >= 11 is 0. The molecule has 1 heterocycles. The number of hydrogen-bond donors (Lipinski definition) is 0. The van der Waals surface area contributed by atoms with Gasteiger partial charge in [-0.2, -0.15) is 4.31 Å². The first-order chi connectivity index (χ1) is 9.98. The molecule has 0 radical (unpaired) electrons. The summed E-state index contributed by atoms with van der Waals surface area (Å²) in [5.74, 6) is 0.957. The number of nitro benzene ring substituents is 1. The second-order valence-corrected chi connectivity index (χ2v) is 7.82. The monoisotopic (exact) mass is 310 g/mol. The van der Waals surface area contributed by atoms with Crippen molar-refractivity contribution in [2.45, 2.75) is 30.6 Å². The lowest BCUT2D eigenvalue weighted by molar-refractivity contribution is -0.384. The molecule has 0 N–H and O–H groups in total. The van der Waals surface area contributed by atoms with Crippen molar-refractivity contribution in [2.75, 3.05) is 13.1 Å². The second kappa shape index (κ2) is 5.38. The van der Waals surface area contributed by atoms with E-state index in [0.717, 1.165) is 12.8 Å². The number of nitro groups is 1. The van der Waals surface area contributed by atoms with Crippen LogP contribution in [-0.2, 0) is 10.0 Å². The van der Waals surface area contributed by atoms with Crippen LogP contribution in [-0.4, -0.2) is 30.7 Å². The van der Waals surface area contributed by atoms with Gasteiger partial charge >= 0.3 is 0 Å². The highest BCUT2D eigenvalue weighted by Crippen LogP contribution is 2.38. The van der Waals surface area contributed by atoms with Crippen molar-refractivity contribution in [1.29, 1.82) is 0 Å². The van der Waals surface area contributed by atoms with Crippen LogP contribution in [0.15, 0.2) is 29.2 Å². The molecule has 1 aromatic carbocycles. The third-order valence-corrected chi connectivity index (χ3v) is 6.47.